The Kier molecular flexibility index (Phi) is 8.44. The van der Waals surface area contributed by atoms with Crippen molar-refractivity contribution in [1.29, 1.82) is 0 Å². The molecule has 1 unspecified atom stereocenters. The number of hydrogen-bond donors (Lipinski definition) is 1. The minimum absolute atomic E-state index is 0.0849. The average Bonchev–Trinajstić information content (AvgIpc) is 2.87. The van der Waals surface area contributed by atoms with Gasteiger partial charge in [0, 0.05) is 43.4 Å². The zero-order valence-electron chi connectivity index (χ0n) is 19.4. The normalized spacial score (nSPS) is 20.6. The van der Waals surface area contributed by atoms with Gasteiger partial charge in [0.1, 0.15) is 4.83 Å². The Bertz CT molecular complexity index is 1180. The lowest BCUT2D eigenvalue weighted by Crippen LogP contribution is -2.62. The second-order valence-corrected chi connectivity index (χ2v) is 10.3. The van der Waals surface area contributed by atoms with Gasteiger partial charge in [-0.1, -0.05) is 51.3 Å². The van der Waals surface area contributed by atoms with E-state index in [1.165, 1.54) is 12.4 Å². The number of amides is 1. The summed E-state index contributed by atoms with van der Waals surface area (Å²) >= 11 is 15.6. The number of rotatable bonds is 7. The third-order valence-electron chi connectivity index (χ3n) is 6.35. The number of hydrogen-bond acceptors (Lipinski definition) is 7. The van der Waals surface area contributed by atoms with E-state index >= 15 is 0 Å². The quantitative estimate of drug-likeness (QED) is 0.367. The Morgan fingerprint density at radius 3 is 2.47 bits per heavy atom. The number of aromatic nitrogens is 1. The summed E-state index contributed by atoms with van der Waals surface area (Å²) in [7, 11) is 0. The molecule has 1 amide bonds. The number of carbonyl (C=O) groups is 3. The van der Waals surface area contributed by atoms with E-state index in [0.717, 1.165) is 5.56 Å². The van der Waals surface area contributed by atoms with Crippen molar-refractivity contribution in [3.05, 3.63) is 57.8 Å². The average molecular weight is 597 g/mol. The van der Waals surface area contributed by atoms with Crippen LogP contribution in [0, 0.1) is 5.41 Å². The van der Waals surface area contributed by atoms with E-state index in [2.05, 4.69) is 26.2 Å². The van der Waals surface area contributed by atoms with Gasteiger partial charge in [-0.05, 0) is 37.5 Å². The predicted molar refractivity (Wildman–Crippen MR) is 140 cm³/mol. The monoisotopic (exact) mass is 595 g/mol. The molecule has 0 radical (unpaired) electrons. The first-order chi connectivity index (χ1) is 17.3. The molecule has 1 aromatic carbocycles. The van der Waals surface area contributed by atoms with Crippen LogP contribution >= 0.6 is 39.1 Å². The van der Waals surface area contributed by atoms with Gasteiger partial charge in [-0.3, -0.25) is 19.6 Å². The molecule has 4 rings (SSSR count). The van der Waals surface area contributed by atoms with E-state index in [9.17, 15) is 14.4 Å². The summed E-state index contributed by atoms with van der Waals surface area (Å²) in [4.78, 5) is 46.2. The van der Waals surface area contributed by atoms with Crippen LogP contribution in [0.3, 0.4) is 0 Å². The summed E-state index contributed by atoms with van der Waals surface area (Å²) in [5.74, 6) is -0.831. The van der Waals surface area contributed by atoms with E-state index in [4.69, 9.17) is 37.7 Å². The number of nitrogens with zero attached hydrogens (tertiary/aromatic N) is 2. The summed E-state index contributed by atoms with van der Waals surface area (Å²) in [5, 5.41) is 3.05. The number of pyridine rings is 1. The molecule has 2 heterocycles. The van der Waals surface area contributed by atoms with Crippen molar-refractivity contribution in [2.45, 2.75) is 37.1 Å². The standard InChI is InChI=1S/C25H24BrCl2N3O5/c1-2-36-24(34)18(31-21-20(26)22(32)25(21)7-9-35-10-8-25)11-14-3-5-15(6-4-14)30-23(33)19-16(27)12-29-13-17(19)28/h3-6,12-13,18,20H,2,7-11H2,1H3,(H,30,33)/t18-,20?/m0/s1. The number of esters is 1. The maximum Gasteiger partial charge on any atom is 0.331 e. The lowest BCUT2D eigenvalue weighted by molar-refractivity contribution is -0.144. The maximum atomic E-state index is 12.8. The molecule has 2 fully saturated rings. The van der Waals surface area contributed by atoms with Crippen molar-refractivity contribution in [3.8, 4) is 0 Å². The number of aliphatic imine (C=N–C) groups is 1. The van der Waals surface area contributed by atoms with Gasteiger partial charge >= 0.3 is 5.97 Å². The number of ketones is 1. The topological polar surface area (TPSA) is 107 Å². The lowest BCUT2D eigenvalue weighted by atomic mass is 9.61. The van der Waals surface area contributed by atoms with Crippen molar-refractivity contribution < 1.29 is 23.9 Å². The van der Waals surface area contributed by atoms with E-state index in [1.807, 2.05) is 0 Å². The van der Waals surface area contributed by atoms with Crippen LogP contribution in [0.25, 0.3) is 0 Å². The molecule has 1 aromatic heterocycles. The summed E-state index contributed by atoms with van der Waals surface area (Å²) < 4.78 is 10.7. The largest absolute Gasteiger partial charge is 0.464 e. The van der Waals surface area contributed by atoms with Crippen molar-refractivity contribution in [1.82, 2.24) is 4.98 Å². The van der Waals surface area contributed by atoms with Crippen LogP contribution in [0.15, 0.2) is 41.7 Å². The maximum absolute atomic E-state index is 12.8. The summed E-state index contributed by atoms with van der Waals surface area (Å²) in [5.41, 5.74) is 1.49. The van der Waals surface area contributed by atoms with Crippen LogP contribution in [0.5, 0.6) is 0 Å². The molecule has 1 spiro atoms. The molecule has 1 saturated carbocycles. The van der Waals surface area contributed by atoms with Crippen LogP contribution in [-0.2, 0) is 25.5 Å². The number of carbonyl (C=O) groups excluding carboxylic acids is 3. The summed E-state index contributed by atoms with van der Waals surface area (Å²) in [6, 6.07) is 6.21. The first-order valence-corrected chi connectivity index (χ1v) is 13.1. The molecule has 36 heavy (non-hydrogen) atoms. The van der Waals surface area contributed by atoms with Crippen LogP contribution in [0.4, 0.5) is 5.69 Å². The SMILES string of the molecule is CCOC(=O)[C@H](Cc1ccc(NC(=O)c2c(Cl)cncc2Cl)cc1)N=C1C(Br)C(=O)C12CCOCC2. The van der Waals surface area contributed by atoms with E-state index in [0.29, 0.717) is 37.5 Å². The fourth-order valence-electron chi connectivity index (χ4n) is 4.43. The van der Waals surface area contributed by atoms with Gasteiger partial charge < -0.3 is 14.8 Å². The molecular weight excluding hydrogens is 573 g/mol. The van der Waals surface area contributed by atoms with Gasteiger partial charge in [-0.25, -0.2) is 4.79 Å². The van der Waals surface area contributed by atoms with E-state index < -0.39 is 28.2 Å². The van der Waals surface area contributed by atoms with Gasteiger partial charge in [0.25, 0.3) is 5.91 Å². The van der Waals surface area contributed by atoms with Crippen LogP contribution in [-0.4, -0.2) is 59.0 Å². The van der Waals surface area contributed by atoms with Crippen LogP contribution in [0.1, 0.15) is 35.7 Å². The Hall–Kier alpha value is -2.33. The molecule has 8 nitrogen and oxygen atoms in total. The number of anilines is 1. The first kappa shape index (κ1) is 26.7. The number of halogens is 3. The Labute approximate surface area is 226 Å². The van der Waals surface area contributed by atoms with Gasteiger partial charge in [0.05, 0.1) is 27.6 Å². The van der Waals surface area contributed by atoms with Gasteiger partial charge in [0.15, 0.2) is 11.8 Å². The third-order valence-corrected chi connectivity index (χ3v) is 7.78. The molecular formula is C25H24BrCl2N3O5. The smallest absolute Gasteiger partial charge is 0.331 e. The zero-order valence-corrected chi connectivity index (χ0v) is 22.5. The van der Waals surface area contributed by atoms with Crippen LogP contribution < -0.4 is 5.32 Å². The number of ether oxygens (including phenoxy) is 2. The molecule has 1 saturated heterocycles. The highest BCUT2D eigenvalue weighted by atomic mass is 79.9. The van der Waals surface area contributed by atoms with Crippen LogP contribution in [0.2, 0.25) is 10.0 Å². The highest BCUT2D eigenvalue weighted by Crippen LogP contribution is 2.46. The first-order valence-electron chi connectivity index (χ1n) is 11.5. The number of nitrogens with one attached hydrogen (secondary N) is 1. The molecule has 0 bridgehead atoms. The van der Waals surface area contributed by atoms with Gasteiger partial charge in [0.2, 0.25) is 0 Å². The fraction of sp³-hybridized carbons (Fsp3) is 0.400. The van der Waals surface area contributed by atoms with Crippen molar-refractivity contribution in [2.24, 2.45) is 10.4 Å². The Morgan fingerprint density at radius 2 is 1.86 bits per heavy atom. The zero-order chi connectivity index (χ0) is 25.9. The second-order valence-electron chi connectivity index (χ2n) is 8.54. The molecule has 190 valence electrons. The molecule has 1 aliphatic carbocycles. The molecule has 11 heteroatoms. The summed E-state index contributed by atoms with van der Waals surface area (Å²) in [6.45, 7) is 2.93. The molecule has 2 atom stereocenters. The summed E-state index contributed by atoms with van der Waals surface area (Å²) in [6.07, 6.45) is 4.09. The molecule has 1 N–H and O–H groups in total. The number of benzene rings is 1. The minimum atomic E-state index is -0.803. The minimum Gasteiger partial charge on any atom is -0.464 e. The second kappa shape index (κ2) is 11.4. The highest BCUT2D eigenvalue weighted by Gasteiger charge is 2.59. The van der Waals surface area contributed by atoms with E-state index in [1.54, 1.807) is 31.2 Å². The number of alkyl halides is 1. The van der Waals surface area contributed by atoms with Crippen molar-refractivity contribution >= 4 is 68.2 Å². The molecule has 2 aliphatic rings. The number of Topliss-reactive ketones (excluding diaryl/α,β-unsaturated/α-hetero) is 1. The molecule has 1 aliphatic heterocycles. The molecule has 2 aromatic rings. The predicted octanol–water partition coefficient (Wildman–Crippen LogP) is 4.70. The highest BCUT2D eigenvalue weighted by molar-refractivity contribution is 9.10. The van der Waals surface area contributed by atoms with E-state index in [-0.39, 0.29) is 34.4 Å². The lowest BCUT2D eigenvalue weighted by Gasteiger charge is -2.47. The van der Waals surface area contributed by atoms with Crippen molar-refractivity contribution in [3.63, 3.8) is 0 Å². The fourth-order valence-corrected chi connectivity index (χ4v) is 5.96. The Balaban J connectivity index is 1.51. The van der Waals surface area contributed by atoms with Gasteiger partial charge in [-0.2, -0.15) is 0 Å². The third kappa shape index (κ3) is 5.34. The van der Waals surface area contributed by atoms with Gasteiger partial charge in [-0.15, -0.1) is 0 Å². The Morgan fingerprint density at radius 1 is 1.22 bits per heavy atom. The van der Waals surface area contributed by atoms with Crippen molar-refractivity contribution in [2.75, 3.05) is 25.1 Å².